The van der Waals surface area contributed by atoms with Crippen LogP contribution in [0.3, 0.4) is 0 Å². The quantitative estimate of drug-likeness (QED) is 0.392. The van der Waals surface area contributed by atoms with Gasteiger partial charge in [-0.15, -0.1) is 0 Å². The van der Waals surface area contributed by atoms with Gasteiger partial charge in [-0.2, -0.15) is 0 Å². The molecule has 0 bridgehead atoms. The molecule has 0 amide bonds. The summed E-state index contributed by atoms with van der Waals surface area (Å²) >= 11 is 4.99. The van der Waals surface area contributed by atoms with Crippen LogP contribution in [0, 0.1) is 0 Å². The Hall–Kier alpha value is -1.46. The molecule has 0 saturated heterocycles. The predicted molar refractivity (Wildman–Crippen MR) is 77.2 cm³/mol. The molecule has 0 saturated carbocycles. The first-order valence-corrected chi connectivity index (χ1v) is 6.82. The number of hydrogen-bond acceptors (Lipinski definition) is 3. The van der Waals surface area contributed by atoms with Gasteiger partial charge in [0.1, 0.15) is 0 Å². The van der Waals surface area contributed by atoms with Gasteiger partial charge in [0.15, 0.2) is 5.84 Å². The minimum Gasteiger partial charge on any atom is -0.409 e. The second kappa shape index (κ2) is 5.93. The van der Waals surface area contributed by atoms with Gasteiger partial charge in [-0.05, 0) is 40.2 Å². The largest absolute Gasteiger partial charge is 0.409 e. The molecule has 92 valence electrons. The van der Waals surface area contributed by atoms with Crippen LogP contribution in [0.2, 0.25) is 0 Å². The Bertz CT molecular complexity index is 572. The molecule has 0 aliphatic carbocycles. The fraction of sp³-hybridized carbons (Fsp3) is 0. The zero-order valence-corrected chi connectivity index (χ0v) is 11.8. The van der Waals surface area contributed by atoms with E-state index in [-0.39, 0.29) is 5.84 Å². The molecule has 0 aromatic heterocycles. The molecule has 0 aliphatic rings. The molecule has 5 heteroatoms. The highest BCUT2D eigenvalue weighted by Crippen LogP contribution is 2.33. The monoisotopic (exact) mass is 322 g/mol. The molecule has 18 heavy (non-hydrogen) atoms. The van der Waals surface area contributed by atoms with Crippen molar-refractivity contribution in [1.29, 1.82) is 0 Å². The Morgan fingerprint density at radius 1 is 1.11 bits per heavy atom. The van der Waals surface area contributed by atoms with Crippen LogP contribution in [0.4, 0.5) is 0 Å². The summed E-state index contributed by atoms with van der Waals surface area (Å²) in [7, 11) is 0. The van der Waals surface area contributed by atoms with Crippen molar-refractivity contribution in [1.82, 2.24) is 0 Å². The Kier molecular flexibility index (Phi) is 4.28. The van der Waals surface area contributed by atoms with Gasteiger partial charge >= 0.3 is 0 Å². The van der Waals surface area contributed by atoms with E-state index in [9.17, 15) is 0 Å². The van der Waals surface area contributed by atoms with Crippen LogP contribution in [0.5, 0.6) is 0 Å². The maximum Gasteiger partial charge on any atom is 0.172 e. The molecule has 0 unspecified atom stereocenters. The number of oxime groups is 1. The highest BCUT2D eigenvalue weighted by Gasteiger charge is 2.12. The second-order valence-electron chi connectivity index (χ2n) is 3.51. The van der Waals surface area contributed by atoms with Crippen molar-refractivity contribution in [2.45, 2.75) is 9.79 Å². The van der Waals surface area contributed by atoms with Gasteiger partial charge in [0.25, 0.3) is 0 Å². The molecule has 2 rings (SSSR count). The van der Waals surface area contributed by atoms with Gasteiger partial charge in [-0.25, -0.2) is 0 Å². The fourth-order valence-corrected chi connectivity index (χ4v) is 3.21. The summed E-state index contributed by atoms with van der Waals surface area (Å²) in [6.45, 7) is 0. The third-order valence-corrected chi connectivity index (χ3v) is 4.04. The van der Waals surface area contributed by atoms with E-state index in [4.69, 9.17) is 10.9 Å². The number of hydrogen-bond donors (Lipinski definition) is 2. The third kappa shape index (κ3) is 2.86. The zero-order valence-electron chi connectivity index (χ0n) is 9.38. The average molecular weight is 323 g/mol. The topological polar surface area (TPSA) is 58.6 Å². The Morgan fingerprint density at radius 3 is 2.50 bits per heavy atom. The van der Waals surface area contributed by atoms with Gasteiger partial charge in [0.2, 0.25) is 0 Å². The van der Waals surface area contributed by atoms with E-state index in [0.29, 0.717) is 5.56 Å². The van der Waals surface area contributed by atoms with Crippen molar-refractivity contribution < 1.29 is 5.21 Å². The van der Waals surface area contributed by atoms with Crippen molar-refractivity contribution in [3.8, 4) is 0 Å². The fourth-order valence-electron chi connectivity index (χ4n) is 1.50. The molecule has 3 nitrogen and oxygen atoms in total. The summed E-state index contributed by atoms with van der Waals surface area (Å²) in [5.74, 6) is 0.0981. The first-order chi connectivity index (χ1) is 8.72. The van der Waals surface area contributed by atoms with Gasteiger partial charge in [-0.3, -0.25) is 0 Å². The van der Waals surface area contributed by atoms with E-state index in [1.54, 1.807) is 11.8 Å². The van der Waals surface area contributed by atoms with Crippen molar-refractivity contribution in [2.75, 3.05) is 0 Å². The normalized spacial score (nSPS) is 11.5. The Balaban J connectivity index is 2.42. The molecule has 0 fully saturated rings. The van der Waals surface area contributed by atoms with E-state index in [1.807, 2.05) is 48.5 Å². The van der Waals surface area contributed by atoms with Gasteiger partial charge in [0.05, 0.1) is 0 Å². The van der Waals surface area contributed by atoms with Crippen molar-refractivity contribution in [3.63, 3.8) is 0 Å². The number of amidine groups is 1. The van der Waals surface area contributed by atoms with Crippen molar-refractivity contribution >= 4 is 33.5 Å². The maximum atomic E-state index is 8.84. The lowest BCUT2D eigenvalue weighted by Gasteiger charge is -2.09. The molecule has 3 N–H and O–H groups in total. The van der Waals surface area contributed by atoms with Crippen LogP contribution >= 0.6 is 27.7 Å². The molecule has 0 aliphatic heterocycles. The highest BCUT2D eigenvalue weighted by atomic mass is 79.9. The van der Waals surface area contributed by atoms with Crippen LogP contribution in [-0.2, 0) is 0 Å². The first-order valence-electron chi connectivity index (χ1n) is 5.21. The van der Waals surface area contributed by atoms with E-state index in [1.165, 1.54) is 0 Å². The van der Waals surface area contributed by atoms with Crippen LogP contribution in [-0.4, -0.2) is 11.0 Å². The minimum atomic E-state index is 0.0981. The third-order valence-electron chi connectivity index (χ3n) is 2.31. The van der Waals surface area contributed by atoms with E-state index < -0.39 is 0 Å². The lowest BCUT2D eigenvalue weighted by molar-refractivity contribution is 0.318. The lowest BCUT2D eigenvalue weighted by Crippen LogP contribution is -2.15. The number of benzene rings is 2. The van der Waals surface area contributed by atoms with E-state index >= 15 is 0 Å². The van der Waals surface area contributed by atoms with Crippen LogP contribution in [0.25, 0.3) is 0 Å². The number of nitrogens with zero attached hydrogens (tertiary/aromatic N) is 1. The van der Waals surface area contributed by atoms with E-state index in [2.05, 4.69) is 21.1 Å². The molecule has 0 heterocycles. The molecule has 0 atom stereocenters. The smallest absolute Gasteiger partial charge is 0.172 e. The molecule has 2 aromatic carbocycles. The summed E-state index contributed by atoms with van der Waals surface area (Å²) in [5, 5.41) is 11.9. The van der Waals surface area contributed by atoms with Crippen LogP contribution < -0.4 is 5.73 Å². The zero-order chi connectivity index (χ0) is 13.0. The highest BCUT2D eigenvalue weighted by molar-refractivity contribution is 9.10. The minimum absolute atomic E-state index is 0.0981. The molecule has 0 radical (unpaired) electrons. The number of halogens is 1. The molecule has 0 spiro atoms. The van der Waals surface area contributed by atoms with Gasteiger partial charge in [-0.1, -0.05) is 41.2 Å². The van der Waals surface area contributed by atoms with E-state index in [0.717, 1.165) is 14.3 Å². The Labute approximate surface area is 118 Å². The summed E-state index contributed by atoms with van der Waals surface area (Å²) < 4.78 is 0.804. The number of nitrogens with two attached hydrogens (primary N) is 1. The molecular formula is C13H11BrN2OS. The summed E-state index contributed by atoms with van der Waals surface area (Å²) in [4.78, 5) is 2.04. The van der Waals surface area contributed by atoms with Gasteiger partial charge in [0, 0.05) is 19.8 Å². The van der Waals surface area contributed by atoms with Crippen molar-refractivity contribution in [3.05, 3.63) is 58.6 Å². The summed E-state index contributed by atoms with van der Waals surface area (Å²) in [6, 6.07) is 15.7. The first kappa shape index (κ1) is 13.0. The predicted octanol–water partition coefficient (Wildman–Crippen LogP) is 3.69. The SMILES string of the molecule is N/C(=N/O)c1c(Br)cccc1Sc1ccccc1. The van der Waals surface area contributed by atoms with Crippen LogP contribution in [0.1, 0.15) is 5.56 Å². The van der Waals surface area contributed by atoms with Crippen LogP contribution in [0.15, 0.2) is 68.0 Å². The maximum absolute atomic E-state index is 8.84. The number of rotatable bonds is 3. The Morgan fingerprint density at radius 2 is 1.83 bits per heavy atom. The summed E-state index contributed by atoms with van der Waals surface area (Å²) in [5.41, 5.74) is 6.41. The van der Waals surface area contributed by atoms with Crippen molar-refractivity contribution in [2.24, 2.45) is 10.9 Å². The molecular weight excluding hydrogens is 312 g/mol. The standard InChI is InChI=1S/C13H11BrN2OS/c14-10-7-4-8-11(12(10)13(15)16-17)18-9-5-2-1-3-6-9/h1-8,17H,(H2,15,16). The average Bonchev–Trinajstić information content (AvgIpc) is 2.39. The second-order valence-corrected chi connectivity index (χ2v) is 5.48. The molecule has 2 aromatic rings. The summed E-state index contributed by atoms with van der Waals surface area (Å²) in [6.07, 6.45) is 0. The lowest BCUT2D eigenvalue weighted by atomic mass is 10.2. The van der Waals surface area contributed by atoms with Gasteiger partial charge < -0.3 is 10.9 Å².